The zero-order valence-corrected chi connectivity index (χ0v) is 16.3. The molecule has 4 rings (SSSR count). The van der Waals surface area contributed by atoms with Crippen LogP contribution in [0.1, 0.15) is 25.3 Å². The van der Waals surface area contributed by atoms with Crippen LogP contribution in [0.25, 0.3) is 0 Å². The minimum atomic E-state index is 0.674. The molecular weight excluding hydrogens is 324 g/mol. The number of benzene rings is 1. The Hall–Kier alpha value is -1.52. The number of hydrogen-bond donors (Lipinski definition) is 2. The Labute approximate surface area is 157 Å². The Morgan fingerprint density at radius 2 is 1.81 bits per heavy atom. The lowest BCUT2D eigenvalue weighted by molar-refractivity contribution is -1.02. The lowest BCUT2D eigenvalue weighted by Crippen LogP contribution is -3.27. The summed E-state index contributed by atoms with van der Waals surface area (Å²) >= 11 is 0. The summed E-state index contributed by atoms with van der Waals surface area (Å²) < 4.78 is 11.1. The molecule has 0 radical (unpaired) electrons. The molecule has 1 heterocycles. The summed E-state index contributed by atoms with van der Waals surface area (Å²) in [5.74, 6) is 4.47. The Morgan fingerprint density at radius 1 is 1.00 bits per heavy atom. The van der Waals surface area contributed by atoms with Crippen molar-refractivity contribution in [3.05, 3.63) is 35.9 Å². The molecule has 3 aliphatic rings. The molecule has 0 aromatic heterocycles. The Bertz CT molecular complexity index is 637. The van der Waals surface area contributed by atoms with Crippen molar-refractivity contribution in [2.45, 2.75) is 26.3 Å². The van der Waals surface area contributed by atoms with E-state index in [1.807, 2.05) is 17.9 Å². The molecule has 142 valence electrons. The zero-order valence-electron chi connectivity index (χ0n) is 16.3. The third kappa shape index (κ3) is 3.91. The lowest BCUT2D eigenvalue weighted by Gasteiger charge is -2.32. The van der Waals surface area contributed by atoms with Gasteiger partial charge < -0.3 is 19.3 Å². The van der Waals surface area contributed by atoms with E-state index < -0.39 is 0 Å². The molecule has 26 heavy (non-hydrogen) atoms. The van der Waals surface area contributed by atoms with Crippen LogP contribution in [0.2, 0.25) is 0 Å². The second kappa shape index (κ2) is 8.01. The normalized spacial score (nSPS) is 32.8. The van der Waals surface area contributed by atoms with Gasteiger partial charge in [0.05, 0.1) is 20.3 Å². The summed E-state index contributed by atoms with van der Waals surface area (Å²) in [6.45, 7) is 10.4. The number of piperazine rings is 1. The fraction of sp³-hybridized carbons (Fsp3) is 0.636. The molecule has 4 nitrogen and oxygen atoms in total. The van der Waals surface area contributed by atoms with Gasteiger partial charge >= 0.3 is 0 Å². The minimum Gasteiger partial charge on any atom is -0.493 e. The van der Waals surface area contributed by atoms with Crippen LogP contribution in [0.15, 0.2) is 30.4 Å². The third-order valence-electron chi connectivity index (χ3n) is 6.61. The zero-order chi connectivity index (χ0) is 17.9. The molecule has 4 heteroatoms. The predicted octanol–water partition coefficient (Wildman–Crippen LogP) is 0.590. The quantitative estimate of drug-likeness (QED) is 0.698. The first-order valence-corrected chi connectivity index (χ1v) is 10.4. The van der Waals surface area contributed by atoms with E-state index in [9.17, 15) is 0 Å². The van der Waals surface area contributed by atoms with E-state index in [2.05, 4.69) is 24.3 Å². The van der Waals surface area contributed by atoms with Crippen LogP contribution in [0.3, 0.4) is 0 Å². The molecule has 1 aliphatic heterocycles. The van der Waals surface area contributed by atoms with Crippen molar-refractivity contribution in [2.24, 2.45) is 17.8 Å². The first-order chi connectivity index (χ1) is 12.7. The molecule has 3 atom stereocenters. The lowest BCUT2D eigenvalue weighted by atomic mass is 9.93. The van der Waals surface area contributed by atoms with Gasteiger partial charge in [-0.3, -0.25) is 0 Å². The number of allylic oxidation sites excluding steroid dienone is 2. The average molecular weight is 359 g/mol. The van der Waals surface area contributed by atoms with Crippen LogP contribution < -0.4 is 19.3 Å². The summed E-state index contributed by atoms with van der Waals surface area (Å²) in [5.41, 5.74) is 1.35. The van der Waals surface area contributed by atoms with Gasteiger partial charge in [0.1, 0.15) is 32.7 Å². The van der Waals surface area contributed by atoms with Gasteiger partial charge in [-0.1, -0.05) is 12.2 Å². The topological polar surface area (TPSA) is 27.3 Å². The van der Waals surface area contributed by atoms with Crippen LogP contribution in [-0.2, 0) is 6.54 Å². The molecule has 1 aromatic carbocycles. The van der Waals surface area contributed by atoms with Crippen molar-refractivity contribution in [1.82, 2.24) is 0 Å². The van der Waals surface area contributed by atoms with E-state index in [1.54, 1.807) is 12.0 Å². The minimum absolute atomic E-state index is 0.674. The molecule has 2 bridgehead atoms. The van der Waals surface area contributed by atoms with Crippen LogP contribution >= 0.6 is 0 Å². The standard InChI is InChI=1S/C22H32N2O2/c1-3-26-22-14-18(5-7-21(22)25-2)15-23-8-10-24(11-9-23)16-20-13-17-4-6-19(20)12-17/h4-7,14,17,19-20H,3,8-13,15-16H2,1-2H3/p+2/t17-,19+,20+/m1/s1. The van der Waals surface area contributed by atoms with Crippen LogP contribution in [0.5, 0.6) is 11.5 Å². The van der Waals surface area contributed by atoms with Gasteiger partial charge in [0, 0.05) is 11.5 Å². The highest BCUT2D eigenvalue weighted by molar-refractivity contribution is 5.42. The Balaban J connectivity index is 1.27. The van der Waals surface area contributed by atoms with Crippen molar-refractivity contribution in [2.75, 3.05) is 46.4 Å². The highest BCUT2D eigenvalue weighted by Gasteiger charge is 2.38. The van der Waals surface area contributed by atoms with Gasteiger partial charge in [-0.05, 0) is 49.8 Å². The predicted molar refractivity (Wildman–Crippen MR) is 103 cm³/mol. The van der Waals surface area contributed by atoms with Gasteiger partial charge in [-0.25, -0.2) is 0 Å². The van der Waals surface area contributed by atoms with Crippen LogP contribution in [0.4, 0.5) is 0 Å². The fourth-order valence-corrected chi connectivity index (χ4v) is 5.23. The summed E-state index contributed by atoms with van der Waals surface area (Å²) in [7, 11) is 1.71. The fourth-order valence-electron chi connectivity index (χ4n) is 5.23. The monoisotopic (exact) mass is 358 g/mol. The number of rotatable bonds is 7. The molecule has 1 saturated carbocycles. The van der Waals surface area contributed by atoms with E-state index in [1.165, 1.54) is 51.1 Å². The summed E-state index contributed by atoms with van der Waals surface area (Å²) in [6, 6.07) is 6.40. The SMILES string of the molecule is CCOc1cc(C[NH+]2CC[NH+](C[C@@H]3C[C@@H]4C=C[C@H]3C4)CC2)ccc1OC. The Kier molecular flexibility index (Phi) is 5.51. The molecule has 0 amide bonds. The summed E-state index contributed by atoms with van der Waals surface area (Å²) in [4.78, 5) is 3.54. The Morgan fingerprint density at radius 3 is 2.46 bits per heavy atom. The van der Waals surface area contributed by atoms with Crippen molar-refractivity contribution >= 4 is 0 Å². The van der Waals surface area contributed by atoms with E-state index in [0.29, 0.717) is 6.61 Å². The number of ether oxygens (including phenoxy) is 2. The van der Waals surface area contributed by atoms with Gasteiger partial charge in [0.25, 0.3) is 0 Å². The molecule has 2 aliphatic carbocycles. The van der Waals surface area contributed by atoms with Crippen molar-refractivity contribution in [3.63, 3.8) is 0 Å². The van der Waals surface area contributed by atoms with E-state index in [-0.39, 0.29) is 0 Å². The third-order valence-corrected chi connectivity index (χ3v) is 6.61. The largest absolute Gasteiger partial charge is 0.493 e. The van der Waals surface area contributed by atoms with Crippen molar-refractivity contribution in [1.29, 1.82) is 0 Å². The summed E-state index contributed by atoms with van der Waals surface area (Å²) in [5, 5.41) is 0. The maximum Gasteiger partial charge on any atom is 0.161 e. The number of hydrogen-bond acceptors (Lipinski definition) is 2. The van der Waals surface area contributed by atoms with Gasteiger partial charge in [-0.15, -0.1) is 0 Å². The van der Waals surface area contributed by atoms with E-state index in [0.717, 1.165) is 35.8 Å². The highest BCUT2D eigenvalue weighted by Crippen LogP contribution is 2.42. The van der Waals surface area contributed by atoms with Gasteiger partial charge in [0.15, 0.2) is 11.5 Å². The molecule has 2 fully saturated rings. The molecule has 1 aromatic rings. The van der Waals surface area contributed by atoms with Crippen molar-refractivity contribution < 1.29 is 19.3 Å². The first-order valence-electron chi connectivity index (χ1n) is 10.4. The molecule has 0 unspecified atom stereocenters. The van der Waals surface area contributed by atoms with Crippen LogP contribution in [0, 0.1) is 17.8 Å². The second-order valence-corrected chi connectivity index (χ2v) is 8.34. The highest BCUT2D eigenvalue weighted by atomic mass is 16.5. The number of nitrogens with one attached hydrogen (secondary N) is 2. The molecule has 0 spiro atoms. The maximum atomic E-state index is 5.73. The smallest absolute Gasteiger partial charge is 0.161 e. The summed E-state index contributed by atoms with van der Waals surface area (Å²) in [6.07, 6.45) is 7.85. The number of fused-ring (bicyclic) bond motifs is 2. The second-order valence-electron chi connectivity index (χ2n) is 8.34. The first kappa shape index (κ1) is 17.9. The van der Waals surface area contributed by atoms with E-state index >= 15 is 0 Å². The maximum absolute atomic E-state index is 5.73. The van der Waals surface area contributed by atoms with Crippen molar-refractivity contribution in [3.8, 4) is 11.5 Å². The van der Waals surface area contributed by atoms with Gasteiger partial charge in [0.2, 0.25) is 0 Å². The molecule has 1 saturated heterocycles. The average Bonchev–Trinajstić information content (AvgIpc) is 3.27. The van der Waals surface area contributed by atoms with Crippen LogP contribution in [-0.4, -0.2) is 46.4 Å². The van der Waals surface area contributed by atoms with E-state index in [4.69, 9.17) is 9.47 Å². The number of quaternary nitrogens is 2. The molecular formula is C22H34N2O2+2. The number of methoxy groups -OCH3 is 1. The van der Waals surface area contributed by atoms with Gasteiger partial charge in [-0.2, -0.15) is 0 Å². The molecule has 2 N–H and O–H groups in total.